The van der Waals surface area contributed by atoms with Crippen LogP contribution in [0.25, 0.3) is 0 Å². The van der Waals surface area contributed by atoms with Crippen LogP contribution >= 0.6 is 0 Å². The lowest BCUT2D eigenvalue weighted by atomic mass is 9.88. The molecule has 3 N–H and O–H groups in total. The van der Waals surface area contributed by atoms with Crippen LogP contribution in [0, 0.1) is 11.8 Å². The standard InChI is InChI=1S/C20H32O6/c1-2-3-4-7-14(21)10-11-16-17(19(24)13-18(16)23)12-15(22)8-5-6-9-20(25)26/h10-11,14,16-18,21,23H,2-9,12-13H2,1H3,(H,25,26)/b11-10+/t14-,16-,17-,18+/m1/s1. The average Bonchev–Trinajstić information content (AvgIpc) is 2.83. The van der Waals surface area contributed by atoms with Crippen molar-refractivity contribution in [3.8, 4) is 0 Å². The van der Waals surface area contributed by atoms with Gasteiger partial charge in [-0.2, -0.15) is 0 Å². The summed E-state index contributed by atoms with van der Waals surface area (Å²) >= 11 is 0. The van der Waals surface area contributed by atoms with Crippen LogP contribution in [0.5, 0.6) is 0 Å². The zero-order valence-electron chi connectivity index (χ0n) is 15.6. The van der Waals surface area contributed by atoms with Crippen LogP contribution < -0.4 is 0 Å². The second kappa shape index (κ2) is 12.0. The first kappa shape index (κ1) is 22.5. The molecule has 1 aliphatic carbocycles. The summed E-state index contributed by atoms with van der Waals surface area (Å²) in [5, 5.41) is 28.7. The number of ketones is 2. The Kier molecular flexibility index (Phi) is 10.4. The third-order valence-electron chi connectivity index (χ3n) is 4.94. The summed E-state index contributed by atoms with van der Waals surface area (Å²) in [5.74, 6) is -2.06. The Morgan fingerprint density at radius 1 is 1.19 bits per heavy atom. The molecule has 148 valence electrons. The van der Waals surface area contributed by atoms with Gasteiger partial charge in [0.05, 0.1) is 12.2 Å². The van der Waals surface area contributed by atoms with Crippen LogP contribution in [0.2, 0.25) is 0 Å². The third-order valence-corrected chi connectivity index (χ3v) is 4.94. The molecule has 1 rings (SSSR count). The Morgan fingerprint density at radius 3 is 2.54 bits per heavy atom. The molecule has 1 fully saturated rings. The number of carboxylic acid groups (broad SMARTS) is 1. The molecule has 1 aliphatic rings. The monoisotopic (exact) mass is 368 g/mol. The highest BCUT2D eigenvalue weighted by Crippen LogP contribution is 2.33. The van der Waals surface area contributed by atoms with E-state index in [1.807, 2.05) is 0 Å². The van der Waals surface area contributed by atoms with Gasteiger partial charge in [0.2, 0.25) is 0 Å². The van der Waals surface area contributed by atoms with E-state index in [9.17, 15) is 24.6 Å². The number of aliphatic carboxylic acids is 1. The van der Waals surface area contributed by atoms with E-state index in [1.165, 1.54) is 0 Å². The van der Waals surface area contributed by atoms with E-state index in [4.69, 9.17) is 5.11 Å². The van der Waals surface area contributed by atoms with Gasteiger partial charge in [-0.1, -0.05) is 38.3 Å². The molecule has 4 atom stereocenters. The molecule has 0 aromatic rings. The smallest absolute Gasteiger partial charge is 0.303 e. The van der Waals surface area contributed by atoms with E-state index in [0.29, 0.717) is 19.3 Å². The molecule has 0 amide bonds. The van der Waals surface area contributed by atoms with E-state index in [1.54, 1.807) is 12.2 Å². The number of aliphatic hydroxyl groups is 2. The molecular formula is C20H32O6. The van der Waals surface area contributed by atoms with Gasteiger partial charge in [0.1, 0.15) is 11.6 Å². The Labute approximate surface area is 155 Å². The van der Waals surface area contributed by atoms with Crippen molar-refractivity contribution >= 4 is 17.5 Å². The number of hydrogen-bond acceptors (Lipinski definition) is 5. The Balaban J connectivity index is 2.51. The molecule has 1 saturated carbocycles. The highest BCUT2D eigenvalue weighted by Gasteiger charge is 2.40. The van der Waals surface area contributed by atoms with Crippen LogP contribution in [-0.4, -0.2) is 45.1 Å². The Morgan fingerprint density at radius 2 is 1.88 bits per heavy atom. The average molecular weight is 368 g/mol. The summed E-state index contributed by atoms with van der Waals surface area (Å²) in [6.07, 6.45) is 6.93. The van der Waals surface area contributed by atoms with Gasteiger partial charge in [0.15, 0.2) is 0 Å². The van der Waals surface area contributed by atoms with Gasteiger partial charge < -0.3 is 15.3 Å². The van der Waals surface area contributed by atoms with Gasteiger partial charge in [-0.3, -0.25) is 14.4 Å². The second-order valence-corrected chi connectivity index (χ2v) is 7.21. The van der Waals surface area contributed by atoms with Crippen molar-refractivity contribution in [2.75, 3.05) is 0 Å². The number of carbonyl (C=O) groups excluding carboxylic acids is 2. The number of unbranched alkanes of at least 4 members (excludes halogenated alkanes) is 3. The first-order valence-corrected chi connectivity index (χ1v) is 9.65. The quantitative estimate of drug-likeness (QED) is 0.340. The van der Waals surface area contributed by atoms with Crippen molar-refractivity contribution in [2.45, 2.75) is 83.3 Å². The van der Waals surface area contributed by atoms with Crippen molar-refractivity contribution < 1.29 is 29.7 Å². The zero-order valence-corrected chi connectivity index (χ0v) is 15.6. The summed E-state index contributed by atoms with van der Waals surface area (Å²) < 4.78 is 0. The fourth-order valence-corrected chi connectivity index (χ4v) is 3.39. The van der Waals surface area contributed by atoms with Crippen molar-refractivity contribution in [2.24, 2.45) is 11.8 Å². The number of aliphatic hydroxyl groups excluding tert-OH is 2. The SMILES string of the molecule is CCCCC[C@@H](O)/C=C/[C@H]1[C@@H](O)CC(=O)[C@@H]1CC(=O)CCCCC(=O)O. The molecule has 0 spiro atoms. The molecule has 0 unspecified atom stereocenters. The number of Topliss-reactive ketones (excluding diaryl/α,β-unsaturated/α-hetero) is 2. The van der Waals surface area contributed by atoms with Crippen LogP contribution in [0.1, 0.15) is 71.1 Å². The molecule has 6 heteroatoms. The maximum Gasteiger partial charge on any atom is 0.303 e. The summed E-state index contributed by atoms with van der Waals surface area (Å²) in [5.41, 5.74) is 0. The molecule has 6 nitrogen and oxygen atoms in total. The molecular weight excluding hydrogens is 336 g/mol. The summed E-state index contributed by atoms with van der Waals surface area (Å²) in [7, 11) is 0. The lowest BCUT2D eigenvalue weighted by Crippen LogP contribution is -2.22. The van der Waals surface area contributed by atoms with Gasteiger partial charge >= 0.3 is 5.97 Å². The highest BCUT2D eigenvalue weighted by molar-refractivity contribution is 5.90. The van der Waals surface area contributed by atoms with Crippen molar-refractivity contribution in [1.82, 2.24) is 0 Å². The topological polar surface area (TPSA) is 112 Å². The first-order valence-electron chi connectivity index (χ1n) is 9.65. The number of rotatable bonds is 13. The maximum absolute atomic E-state index is 12.1. The molecule has 0 heterocycles. The molecule has 0 aromatic carbocycles. The second-order valence-electron chi connectivity index (χ2n) is 7.21. The van der Waals surface area contributed by atoms with E-state index in [0.717, 1.165) is 19.3 Å². The Bertz CT molecular complexity index is 499. The molecule has 26 heavy (non-hydrogen) atoms. The number of carbonyl (C=O) groups is 3. The highest BCUT2D eigenvalue weighted by atomic mass is 16.4. The van der Waals surface area contributed by atoms with E-state index >= 15 is 0 Å². The molecule has 0 aliphatic heterocycles. The minimum atomic E-state index is -0.880. The predicted octanol–water partition coefficient (Wildman–Crippen LogP) is 2.65. The molecule has 0 radical (unpaired) electrons. The van der Waals surface area contributed by atoms with E-state index in [2.05, 4.69) is 6.92 Å². The summed E-state index contributed by atoms with van der Waals surface area (Å²) in [4.78, 5) is 34.7. The first-order chi connectivity index (χ1) is 12.3. The van der Waals surface area contributed by atoms with Crippen molar-refractivity contribution in [1.29, 1.82) is 0 Å². The Hall–Kier alpha value is -1.53. The minimum absolute atomic E-state index is 0.0373. The van der Waals surface area contributed by atoms with Crippen LogP contribution in [0.4, 0.5) is 0 Å². The van der Waals surface area contributed by atoms with Gasteiger partial charge in [-0.05, 0) is 19.3 Å². The zero-order chi connectivity index (χ0) is 19.5. The largest absolute Gasteiger partial charge is 0.481 e. The van der Waals surface area contributed by atoms with E-state index < -0.39 is 30.0 Å². The van der Waals surface area contributed by atoms with Crippen LogP contribution in [-0.2, 0) is 14.4 Å². The van der Waals surface area contributed by atoms with Crippen molar-refractivity contribution in [3.63, 3.8) is 0 Å². The van der Waals surface area contributed by atoms with Gasteiger partial charge in [-0.15, -0.1) is 0 Å². The van der Waals surface area contributed by atoms with Gasteiger partial charge in [0.25, 0.3) is 0 Å². The third kappa shape index (κ3) is 8.23. The lowest BCUT2D eigenvalue weighted by Gasteiger charge is -2.17. The fraction of sp³-hybridized carbons (Fsp3) is 0.750. The summed E-state index contributed by atoms with van der Waals surface area (Å²) in [6.45, 7) is 2.09. The molecule has 0 saturated heterocycles. The number of hydrogen-bond donors (Lipinski definition) is 3. The number of carboxylic acids is 1. The molecule has 0 bridgehead atoms. The summed E-state index contributed by atoms with van der Waals surface area (Å²) in [6, 6.07) is 0. The van der Waals surface area contributed by atoms with Gasteiger partial charge in [0, 0.05) is 37.5 Å². The van der Waals surface area contributed by atoms with Crippen molar-refractivity contribution in [3.05, 3.63) is 12.2 Å². The van der Waals surface area contributed by atoms with Gasteiger partial charge in [-0.25, -0.2) is 0 Å². The predicted molar refractivity (Wildman–Crippen MR) is 97.6 cm³/mol. The van der Waals surface area contributed by atoms with Crippen LogP contribution in [0.3, 0.4) is 0 Å². The van der Waals surface area contributed by atoms with Crippen LogP contribution in [0.15, 0.2) is 12.2 Å². The normalized spacial score (nSPS) is 24.3. The fourth-order valence-electron chi connectivity index (χ4n) is 3.39. The van der Waals surface area contributed by atoms with E-state index in [-0.39, 0.29) is 37.2 Å². The minimum Gasteiger partial charge on any atom is -0.481 e. The maximum atomic E-state index is 12.1. The lowest BCUT2D eigenvalue weighted by molar-refractivity contribution is -0.137. The molecule has 0 aromatic heterocycles.